The van der Waals surface area contributed by atoms with E-state index in [1.807, 2.05) is 65.7 Å². The molecule has 1 aliphatic carbocycles. The molecule has 1 fully saturated rings. The van der Waals surface area contributed by atoms with Crippen molar-refractivity contribution in [2.75, 3.05) is 24.8 Å². The third-order valence-corrected chi connectivity index (χ3v) is 9.64. The maximum atomic E-state index is 16.2. The summed E-state index contributed by atoms with van der Waals surface area (Å²) in [5.74, 6) is -3.11. The van der Waals surface area contributed by atoms with Crippen LogP contribution in [0.1, 0.15) is 27.7 Å². The summed E-state index contributed by atoms with van der Waals surface area (Å²) in [6.45, 7) is 0.649. The maximum Gasteiger partial charge on any atom is 0.278 e. The van der Waals surface area contributed by atoms with Gasteiger partial charge in [-0.1, -0.05) is 60.7 Å². The predicted octanol–water partition coefficient (Wildman–Crippen LogP) is 5.75. The summed E-state index contributed by atoms with van der Waals surface area (Å²) < 4.78 is 38.5. The molecule has 2 aromatic heterocycles. The molecule has 0 spiro atoms. The van der Waals surface area contributed by atoms with E-state index in [0.717, 1.165) is 32.5 Å². The summed E-state index contributed by atoms with van der Waals surface area (Å²) in [7, 11) is 0. The van der Waals surface area contributed by atoms with Gasteiger partial charge < -0.3 is 14.7 Å². The summed E-state index contributed by atoms with van der Waals surface area (Å²) >= 11 is 1.50. The number of aromatic hydroxyl groups is 1. The smallest absolute Gasteiger partial charge is 0.278 e. The molecule has 0 saturated carbocycles. The zero-order chi connectivity index (χ0) is 29.4. The van der Waals surface area contributed by atoms with Crippen molar-refractivity contribution in [2.45, 2.75) is 12.2 Å². The van der Waals surface area contributed by atoms with Crippen molar-refractivity contribution in [1.82, 2.24) is 9.58 Å². The molecule has 1 amide bonds. The van der Waals surface area contributed by atoms with Gasteiger partial charge in [0.25, 0.3) is 5.91 Å². The largest absolute Gasteiger partial charge is 0.502 e. The number of ether oxygens (including phenoxy) is 1. The number of amides is 1. The lowest BCUT2D eigenvalue weighted by molar-refractivity contribution is -0.0196. The van der Waals surface area contributed by atoms with Gasteiger partial charge in [0.05, 0.1) is 19.3 Å². The molecule has 0 radical (unpaired) electrons. The van der Waals surface area contributed by atoms with E-state index in [4.69, 9.17) is 4.74 Å². The van der Waals surface area contributed by atoms with Crippen molar-refractivity contribution >= 4 is 17.2 Å². The highest BCUT2D eigenvalue weighted by Crippen LogP contribution is 2.53. The second-order valence-electron chi connectivity index (χ2n) is 10.7. The summed E-state index contributed by atoms with van der Waals surface area (Å²) in [5.41, 5.74) is 2.89. The van der Waals surface area contributed by atoms with Crippen molar-refractivity contribution in [3.8, 4) is 37.8 Å². The third-order valence-electron chi connectivity index (χ3n) is 8.42. The standard InChI is InChI=1S/C33H23F2N3O4S/c34-23-11-10-21-27(28(23)35)22-16-25(18-6-2-1-3-7-18)43-32(22)20-9-5-4-8-19(20)29(21)38-26-17-42-15-14-36(26)33(41)30-31(40)24(39)12-13-37(30)38/h1-13,16,26,29,40H,14-15,17H2/t26?,29-/m1/s1. The molecule has 43 heavy (non-hydrogen) atoms. The van der Waals surface area contributed by atoms with Crippen molar-refractivity contribution in [3.63, 3.8) is 0 Å². The molecule has 7 nitrogen and oxygen atoms in total. The van der Waals surface area contributed by atoms with Gasteiger partial charge in [0.2, 0.25) is 5.43 Å². The molecule has 2 atom stereocenters. The number of aromatic nitrogens is 1. The number of pyridine rings is 1. The highest BCUT2D eigenvalue weighted by molar-refractivity contribution is 7.19. The van der Waals surface area contributed by atoms with Crippen molar-refractivity contribution in [3.05, 3.63) is 124 Å². The first-order valence-corrected chi connectivity index (χ1v) is 14.6. The Balaban J connectivity index is 1.45. The topological polar surface area (TPSA) is 75.0 Å². The van der Waals surface area contributed by atoms with E-state index in [1.165, 1.54) is 28.3 Å². The highest BCUT2D eigenvalue weighted by atomic mass is 32.1. The number of benzene rings is 3. The molecular weight excluding hydrogens is 572 g/mol. The zero-order valence-corrected chi connectivity index (χ0v) is 23.4. The predicted molar refractivity (Wildman–Crippen MR) is 159 cm³/mol. The van der Waals surface area contributed by atoms with Crippen molar-refractivity contribution < 1.29 is 23.4 Å². The van der Waals surface area contributed by atoms with E-state index in [-0.39, 0.29) is 31.0 Å². The van der Waals surface area contributed by atoms with Crippen LogP contribution >= 0.6 is 11.3 Å². The third kappa shape index (κ3) is 3.73. The van der Waals surface area contributed by atoms with Crippen LogP contribution in [0.4, 0.5) is 8.78 Å². The number of rotatable bonds is 2. The van der Waals surface area contributed by atoms with Gasteiger partial charge in [-0.15, -0.1) is 11.3 Å². The fourth-order valence-corrected chi connectivity index (χ4v) is 7.73. The van der Waals surface area contributed by atoms with Crippen LogP contribution in [0.25, 0.3) is 32.0 Å². The van der Waals surface area contributed by atoms with Crippen LogP contribution < -0.4 is 10.4 Å². The molecule has 3 aromatic carbocycles. The van der Waals surface area contributed by atoms with Gasteiger partial charge in [-0.2, -0.15) is 0 Å². The molecule has 10 heteroatoms. The van der Waals surface area contributed by atoms with Crippen LogP contribution in [-0.4, -0.2) is 46.5 Å². The van der Waals surface area contributed by atoms with Crippen LogP contribution in [0.2, 0.25) is 0 Å². The minimum atomic E-state index is -0.972. The summed E-state index contributed by atoms with van der Waals surface area (Å²) in [6.07, 6.45) is 0.781. The number of nitrogens with zero attached hydrogens (tertiary/aromatic N) is 3. The fourth-order valence-electron chi connectivity index (χ4n) is 6.51. The zero-order valence-electron chi connectivity index (χ0n) is 22.5. The molecule has 8 rings (SSSR count). The number of thiophene rings is 1. The molecule has 2 aliphatic heterocycles. The van der Waals surface area contributed by atoms with Gasteiger partial charge in [0.1, 0.15) is 6.17 Å². The second-order valence-corrected chi connectivity index (χ2v) is 11.7. The van der Waals surface area contributed by atoms with Crippen molar-refractivity contribution in [2.24, 2.45) is 0 Å². The van der Waals surface area contributed by atoms with E-state index >= 15 is 8.78 Å². The van der Waals surface area contributed by atoms with E-state index in [2.05, 4.69) is 0 Å². The van der Waals surface area contributed by atoms with Crippen molar-refractivity contribution in [1.29, 1.82) is 0 Å². The van der Waals surface area contributed by atoms with Crippen LogP contribution in [-0.2, 0) is 4.74 Å². The maximum absolute atomic E-state index is 16.2. The van der Waals surface area contributed by atoms with Gasteiger partial charge >= 0.3 is 0 Å². The molecule has 214 valence electrons. The van der Waals surface area contributed by atoms with Gasteiger partial charge in [-0.05, 0) is 34.4 Å². The van der Waals surface area contributed by atoms with E-state index in [9.17, 15) is 14.7 Å². The minimum Gasteiger partial charge on any atom is -0.502 e. The Morgan fingerprint density at radius 1 is 0.907 bits per heavy atom. The Kier molecular flexibility index (Phi) is 5.79. The SMILES string of the molecule is O=C1c2c(O)c(=O)ccn2N([C@@H]2c3ccccc3-c3sc(-c4ccccc4)cc3-c3c2ccc(F)c3F)C2COCCN12. The van der Waals surface area contributed by atoms with Gasteiger partial charge in [-0.25, -0.2) is 8.78 Å². The fraction of sp³-hybridized carbons (Fsp3) is 0.152. The minimum absolute atomic E-state index is 0.127. The normalized spacial score (nSPS) is 18.7. The van der Waals surface area contributed by atoms with Crippen LogP contribution in [0, 0.1) is 11.6 Å². The Hall–Kier alpha value is -4.80. The summed E-state index contributed by atoms with van der Waals surface area (Å²) in [4.78, 5) is 29.4. The number of fused-ring (bicyclic) bond motifs is 7. The van der Waals surface area contributed by atoms with E-state index in [1.54, 1.807) is 11.0 Å². The lowest BCUT2D eigenvalue weighted by Gasteiger charge is -2.51. The number of carbonyl (C=O) groups is 1. The molecule has 4 heterocycles. The van der Waals surface area contributed by atoms with Crippen LogP contribution in [0.5, 0.6) is 5.75 Å². The lowest BCUT2D eigenvalue weighted by atomic mass is 9.91. The first-order valence-electron chi connectivity index (χ1n) is 13.8. The van der Waals surface area contributed by atoms with Crippen LogP contribution in [0.3, 0.4) is 0 Å². The molecule has 5 aromatic rings. The highest BCUT2D eigenvalue weighted by Gasteiger charge is 2.46. The number of halogens is 2. The average Bonchev–Trinajstić information content (AvgIpc) is 3.43. The first-order chi connectivity index (χ1) is 20.9. The Morgan fingerprint density at radius 3 is 2.53 bits per heavy atom. The molecule has 0 bridgehead atoms. The number of hydrogen-bond donors (Lipinski definition) is 1. The molecular formula is C33H23F2N3O4S. The molecule has 1 N–H and O–H groups in total. The lowest BCUT2D eigenvalue weighted by Crippen LogP contribution is -2.66. The average molecular weight is 596 g/mol. The van der Waals surface area contributed by atoms with Gasteiger partial charge in [-0.3, -0.25) is 19.3 Å². The quantitative estimate of drug-likeness (QED) is 0.282. The Labute approximate surface area is 248 Å². The first kappa shape index (κ1) is 25.9. The molecule has 3 aliphatic rings. The molecule has 1 saturated heterocycles. The Morgan fingerprint density at radius 2 is 1.70 bits per heavy atom. The van der Waals surface area contributed by atoms with Crippen LogP contribution in [0.15, 0.2) is 89.9 Å². The second kappa shape index (κ2) is 9.62. The number of carbonyl (C=O) groups excluding carboxylic acids is 1. The molecule has 1 unspecified atom stereocenters. The van der Waals surface area contributed by atoms with E-state index in [0.29, 0.717) is 11.1 Å². The van der Waals surface area contributed by atoms with E-state index < -0.39 is 40.9 Å². The summed E-state index contributed by atoms with van der Waals surface area (Å²) in [6, 6.07) is 22.5. The monoisotopic (exact) mass is 595 g/mol. The van der Waals surface area contributed by atoms with Gasteiger partial charge in [0.15, 0.2) is 23.1 Å². The summed E-state index contributed by atoms with van der Waals surface area (Å²) in [5, 5.41) is 12.7. The van der Waals surface area contributed by atoms with Gasteiger partial charge in [0, 0.05) is 39.7 Å². The number of hydrogen-bond acceptors (Lipinski definition) is 6. The number of morpholine rings is 1. The Bertz CT molecular complexity index is 2010.